The molecule has 2 N–H and O–H groups in total. The van der Waals surface area contributed by atoms with Crippen molar-refractivity contribution in [3.05, 3.63) is 83.9 Å². The number of nitrogens with two attached hydrogens (primary N) is 1. The fourth-order valence-electron chi connectivity index (χ4n) is 4.44. The van der Waals surface area contributed by atoms with Crippen molar-refractivity contribution in [3.8, 4) is 11.1 Å². The largest absolute Gasteiger partial charge is 0.380 e. The van der Waals surface area contributed by atoms with Crippen molar-refractivity contribution >= 4 is 11.6 Å². The number of halogens is 1. The monoisotopic (exact) mass is 461 g/mol. The van der Waals surface area contributed by atoms with Gasteiger partial charge in [-0.15, -0.1) is 0 Å². The number of rotatable bonds is 10. The first-order valence-corrected chi connectivity index (χ1v) is 11.9. The predicted molar refractivity (Wildman–Crippen MR) is 133 cm³/mol. The number of anilines is 1. The highest BCUT2D eigenvalue weighted by Crippen LogP contribution is 2.48. The number of nitrogens with zero attached hydrogens (tertiary/aromatic N) is 2. The van der Waals surface area contributed by atoms with Crippen LogP contribution in [0.1, 0.15) is 43.4 Å². The van der Waals surface area contributed by atoms with Crippen LogP contribution < -0.4 is 10.6 Å². The predicted octanol–water partition coefficient (Wildman–Crippen LogP) is 5.30. The lowest BCUT2D eigenvalue weighted by Gasteiger charge is -2.26. The molecule has 0 unspecified atom stereocenters. The van der Waals surface area contributed by atoms with E-state index >= 15 is 0 Å². The second-order valence-corrected chi connectivity index (χ2v) is 9.01. The maximum Gasteiger partial charge on any atom is 0.230 e. The van der Waals surface area contributed by atoms with E-state index in [9.17, 15) is 9.18 Å². The minimum Gasteiger partial charge on any atom is -0.380 e. The number of pyridine rings is 1. The Morgan fingerprint density at radius 3 is 2.41 bits per heavy atom. The Bertz CT molecular complexity index is 1100. The van der Waals surface area contributed by atoms with Crippen LogP contribution in [0.25, 0.3) is 11.1 Å². The summed E-state index contributed by atoms with van der Waals surface area (Å²) in [7, 11) is 1.69. The molecule has 1 aromatic heterocycles. The van der Waals surface area contributed by atoms with E-state index in [0.29, 0.717) is 25.3 Å². The van der Waals surface area contributed by atoms with E-state index in [1.807, 2.05) is 24.3 Å². The minimum atomic E-state index is -0.511. The summed E-state index contributed by atoms with van der Waals surface area (Å²) in [6.07, 6.45) is 2.48. The van der Waals surface area contributed by atoms with Crippen LogP contribution >= 0.6 is 0 Å². The fraction of sp³-hybridized carbons (Fsp3) is 0.357. The molecule has 0 saturated heterocycles. The van der Waals surface area contributed by atoms with Crippen molar-refractivity contribution in [1.82, 2.24) is 4.98 Å². The summed E-state index contributed by atoms with van der Waals surface area (Å²) in [5.74, 6) is -0.725. The number of aromatic nitrogens is 1. The average molecular weight is 462 g/mol. The molecular weight excluding hydrogens is 429 g/mol. The summed E-state index contributed by atoms with van der Waals surface area (Å²) in [6.45, 7) is 3.13. The van der Waals surface area contributed by atoms with Crippen LogP contribution in [-0.4, -0.2) is 30.6 Å². The summed E-state index contributed by atoms with van der Waals surface area (Å²) in [5, 5.41) is 0. The standard InChI is InChI=1S/C28H32FN3O2/c1-3-5-22(30)17-32(28(33)25-16-24(25)26-6-4-7-27(29)31-26)23-14-12-21(13-15-23)20-10-8-19(9-11-20)18-34-2/h4,6-15,22,24-25H,3,5,16-18,30H2,1-2H3/t22-,24-,25-/m0/s1. The van der Waals surface area contributed by atoms with Gasteiger partial charge in [0.25, 0.3) is 0 Å². The number of hydrogen-bond donors (Lipinski definition) is 1. The molecule has 5 nitrogen and oxygen atoms in total. The summed E-state index contributed by atoms with van der Waals surface area (Å²) in [5.41, 5.74) is 11.1. The summed E-state index contributed by atoms with van der Waals surface area (Å²) in [6, 6.07) is 20.9. The highest BCUT2D eigenvalue weighted by Gasteiger charge is 2.47. The lowest BCUT2D eigenvalue weighted by Crippen LogP contribution is -2.42. The molecule has 178 valence electrons. The Labute approximate surface area is 200 Å². The molecule has 3 atom stereocenters. The fourth-order valence-corrected chi connectivity index (χ4v) is 4.44. The first-order valence-electron chi connectivity index (χ1n) is 11.9. The molecule has 4 rings (SSSR count). The van der Waals surface area contributed by atoms with Gasteiger partial charge >= 0.3 is 0 Å². The van der Waals surface area contributed by atoms with Gasteiger partial charge in [0.15, 0.2) is 0 Å². The third-order valence-corrected chi connectivity index (χ3v) is 6.34. The van der Waals surface area contributed by atoms with E-state index < -0.39 is 5.95 Å². The molecule has 1 fully saturated rings. The van der Waals surface area contributed by atoms with Crippen molar-refractivity contribution in [2.75, 3.05) is 18.6 Å². The zero-order chi connectivity index (χ0) is 24.1. The van der Waals surface area contributed by atoms with Gasteiger partial charge in [0, 0.05) is 42.9 Å². The third-order valence-electron chi connectivity index (χ3n) is 6.34. The molecule has 6 heteroatoms. The molecule has 1 heterocycles. The second kappa shape index (κ2) is 10.9. The number of carbonyl (C=O) groups is 1. The van der Waals surface area contributed by atoms with Crippen molar-refractivity contribution in [2.45, 2.75) is 44.8 Å². The van der Waals surface area contributed by atoms with Crippen molar-refractivity contribution in [2.24, 2.45) is 11.7 Å². The van der Waals surface area contributed by atoms with Gasteiger partial charge in [-0.3, -0.25) is 4.79 Å². The maximum atomic E-state index is 13.6. The van der Waals surface area contributed by atoms with E-state index in [1.165, 1.54) is 6.07 Å². The maximum absolute atomic E-state index is 13.6. The molecule has 1 amide bonds. The lowest BCUT2D eigenvalue weighted by atomic mass is 10.0. The van der Waals surface area contributed by atoms with Crippen molar-refractivity contribution in [3.63, 3.8) is 0 Å². The van der Waals surface area contributed by atoms with Gasteiger partial charge in [-0.25, -0.2) is 4.98 Å². The number of amides is 1. The van der Waals surface area contributed by atoms with E-state index in [2.05, 4.69) is 36.2 Å². The van der Waals surface area contributed by atoms with E-state index in [1.54, 1.807) is 24.1 Å². The topological polar surface area (TPSA) is 68.5 Å². The third kappa shape index (κ3) is 5.69. The lowest BCUT2D eigenvalue weighted by molar-refractivity contribution is -0.120. The SMILES string of the molecule is CCC[C@H](N)CN(C(=O)[C@H]1C[C@@H]1c1cccc(F)n1)c1ccc(-c2ccc(COC)cc2)cc1. The van der Waals surface area contributed by atoms with Gasteiger partial charge in [-0.2, -0.15) is 4.39 Å². The molecule has 0 radical (unpaired) electrons. The van der Waals surface area contributed by atoms with Crippen LogP contribution in [0, 0.1) is 11.9 Å². The number of carbonyl (C=O) groups excluding carboxylic acids is 1. The smallest absolute Gasteiger partial charge is 0.230 e. The highest BCUT2D eigenvalue weighted by molar-refractivity contribution is 5.97. The Balaban J connectivity index is 1.53. The van der Waals surface area contributed by atoms with Crippen LogP contribution in [0.3, 0.4) is 0 Å². The highest BCUT2D eigenvalue weighted by atomic mass is 19.1. The van der Waals surface area contributed by atoms with Crippen LogP contribution in [0.2, 0.25) is 0 Å². The van der Waals surface area contributed by atoms with Crippen LogP contribution in [0.15, 0.2) is 66.7 Å². The molecule has 3 aromatic rings. The molecule has 0 aliphatic heterocycles. The van der Waals surface area contributed by atoms with Crippen molar-refractivity contribution in [1.29, 1.82) is 0 Å². The number of hydrogen-bond acceptors (Lipinski definition) is 4. The normalized spacial score (nSPS) is 17.9. The van der Waals surface area contributed by atoms with E-state index in [4.69, 9.17) is 10.5 Å². The van der Waals surface area contributed by atoms with Gasteiger partial charge in [-0.1, -0.05) is 55.8 Å². The van der Waals surface area contributed by atoms with Crippen molar-refractivity contribution < 1.29 is 13.9 Å². The quantitative estimate of drug-likeness (QED) is 0.416. The summed E-state index contributed by atoms with van der Waals surface area (Å²) in [4.78, 5) is 19.3. The molecule has 1 aliphatic carbocycles. The number of methoxy groups -OCH3 is 1. The Morgan fingerprint density at radius 2 is 1.79 bits per heavy atom. The van der Waals surface area contributed by atoms with E-state index in [0.717, 1.165) is 35.2 Å². The summed E-state index contributed by atoms with van der Waals surface area (Å²) < 4.78 is 18.8. The molecule has 0 bridgehead atoms. The first kappa shape index (κ1) is 24.0. The number of benzene rings is 2. The summed E-state index contributed by atoms with van der Waals surface area (Å²) >= 11 is 0. The molecule has 0 spiro atoms. The average Bonchev–Trinajstić information content (AvgIpc) is 3.64. The van der Waals surface area contributed by atoms with Gasteiger partial charge in [-0.05, 0) is 53.8 Å². The van der Waals surface area contributed by atoms with Crippen LogP contribution in [0.4, 0.5) is 10.1 Å². The van der Waals surface area contributed by atoms with Gasteiger partial charge in [0.05, 0.1) is 6.61 Å². The Kier molecular flexibility index (Phi) is 7.70. The van der Waals surface area contributed by atoms with E-state index in [-0.39, 0.29) is 23.8 Å². The van der Waals surface area contributed by atoms with Gasteiger partial charge < -0.3 is 15.4 Å². The molecule has 2 aromatic carbocycles. The van der Waals surface area contributed by atoms with Crippen LogP contribution in [0.5, 0.6) is 0 Å². The second-order valence-electron chi connectivity index (χ2n) is 9.01. The Hall–Kier alpha value is -3.09. The zero-order valence-electron chi connectivity index (χ0n) is 19.8. The molecule has 34 heavy (non-hydrogen) atoms. The minimum absolute atomic E-state index is 0.0271. The molecule has 1 saturated carbocycles. The first-order chi connectivity index (χ1) is 16.5. The molecule has 1 aliphatic rings. The van der Waals surface area contributed by atoms with Gasteiger partial charge in [0.2, 0.25) is 11.9 Å². The number of ether oxygens (including phenoxy) is 1. The molecular formula is C28H32FN3O2. The zero-order valence-corrected chi connectivity index (χ0v) is 19.8. The van der Waals surface area contributed by atoms with Crippen LogP contribution in [-0.2, 0) is 16.1 Å². The van der Waals surface area contributed by atoms with Gasteiger partial charge in [0.1, 0.15) is 0 Å². The Morgan fingerprint density at radius 1 is 1.12 bits per heavy atom.